The highest BCUT2D eigenvalue weighted by molar-refractivity contribution is 7.90. The first-order chi connectivity index (χ1) is 7.81. The van der Waals surface area contributed by atoms with E-state index < -0.39 is 27.3 Å². The number of hydrogen-bond donors (Lipinski definition) is 0. The Kier molecular flexibility index (Phi) is 6.13. The maximum Gasteiger partial charge on any atom is 0.321 e. The molecule has 1 unspecified atom stereocenters. The van der Waals surface area contributed by atoms with Gasteiger partial charge in [-0.1, -0.05) is 6.92 Å². The molecule has 0 aromatic carbocycles. The molecular formula is C10H18N2O4S. The smallest absolute Gasteiger partial charge is 0.321 e. The lowest BCUT2D eigenvalue weighted by molar-refractivity contribution is -0.141. The lowest BCUT2D eigenvalue weighted by Crippen LogP contribution is -2.45. The second-order valence-corrected chi connectivity index (χ2v) is 5.85. The highest BCUT2D eigenvalue weighted by atomic mass is 32.2. The first-order valence-corrected chi connectivity index (χ1v) is 6.78. The van der Waals surface area contributed by atoms with Gasteiger partial charge in [0.15, 0.2) is 5.25 Å². The fourth-order valence-electron chi connectivity index (χ4n) is 1.29. The van der Waals surface area contributed by atoms with Crippen LogP contribution in [0.25, 0.3) is 0 Å². The van der Waals surface area contributed by atoms with Gasteiger partial charge in [-0.05, 0) is 20.3 Å². The van der Waals surface area contributed by atoms with Crippen LogP contribution in [0.1, 0.15) is 27.2 Å². The predicted octanol–water partition coefficient (Wildman–Crippen LogP) is 0.502. The lowest BCUT2D eigenvalue weighted by Gasteiger charge is -2.26. The van der Waals surface area contributed by atoms with Crippen molar-refractivity contribution in [2.45, 2.75) is 38.5 Å². The van der Waals surface area contributed by atoms with Gasteiger partial charge in [-0.25, -0.2) is 8.42 Å². The number of hydrogen-bond acceptors (Lipinski definition) is 5. The second-order valence-electron chi connectivity index (χ2n) is 3.79. The number of ether oxygens (including phenoxy) is 1. The van der Waals surface area contributed by atoms with E-state index in [2.05, 4.69) is 4.74 Å². The largest absolute Gasteiger partial charge is 0.468 e. The molecular weight excluding hydrogens is 244 g/mol. The molecule has 0 saturated carbocycles. The minimum absolute atomic E-state index is 0.184. The molecule has 0 aliphatic carbocycles. The van der Waals surface area contributed by atoms with Crippen LogP contribution in [0.2, 0.25) is 0 Å². The second kappa shape index (κ2) is 6.57. The van der Waals surface area contributed by atoms with E-state index in [1.165, 1.54) is 7.11 Å². The predicted molar refractivity (Wildman–Crippen MR) is 62.5 cm³/mol. The minimum atomic E-state index is -3.80. The van der Waals surface area contributed by atoms with Crippen LogP contribution in [0.5, 0.6) is 0 Å². The molecule has 0 heterocycles. The molecule has 0 fully saturated rings. The van der Waals surface area contributed by atoms with E-state index in [1.807, 2.05) is 0 Å². The van der Waals surface area contributed by atoms with Crippen molar-refractivity contribution >= 4 is 16.0 Å². The third-order valence-corrected chi connectivity index (χ3v) is 4.65. The molecule has 0 radical (unpaired) electrons. The summed E-state index contributed by atoms with van der Waals surface area (Å²) in [5, 5.41) is 7.68. The van der Waals surface area contributed by atoms with Gasteiger partial charge in [0, 0.05) is 6.04 Å². The van der Waals surface area contributed by atoms with Crippen molar-refractivity contribution in [2.24, 2.45) is 0 Å². The van der Waals surface area contributed by atoms with Crippen LogP contribution in [0, 0.1) is 11.3 Å². The maximum atomic E-state index is 12.1. The van der Waals surface area contributed by atoms with E-state index >= 15 is 0 Å². The van der Waals surface area contributed by atoms with E-state index in [0.29, 0.717) is 0 Å². The Labute approximate surface area is 102 Å². The highest BCUT2D eigenvalue weighted by Gasteiger charge is 2.34. The van der Waals surface area contributed by atoms with Gasteiger partial charge >= 0.3 is 5.97 Å². The highest BCUT2D eigenvalue weighted by Crippen LogP contribution is 2.15. The molecule has 0 aliphatic rings. The third-order valence-electron chi connectivity index (χ3n) is 2.29. The van der Waals surface area contributed by atoms with Crippen LogP contribution < -0.4 is 0 Å². The maximum absolute atomic E-state index is 12.1. The van der Waals surface area contributed by atoms with Crippen LogP contribution in [-0.4, -0.2) is 43.6 Å². The summed E-state index contributed by atoms with van der Waals surface area (Å²) in [6.07, 6.45) is 0.184. The summed E-state index contributed by atoms with van der Waals surface area (Å²) in [6.45, 7) is 4.53. The number of carbonyl (C=O) groups excluding carboxylic acids is 1. The Morgan fingerprint density at radius 1 is 1.47 bits per heavy atom. The summed E-state index contributed by atoms with van der Waals surface area (Å²) in [6, 6.07) is 1.34. The van der Waals surface area contributed by atoms with E-state index in [1.54, 1.807) is 26.8 Å². The summed E-state index contributed by atoms with van der Waals surface area (Å²) < 4.78 is 29.6. The van der Waals surface area contributed by atoms with E-state index in [0.717, 1.165) is 4.31 Å². The SMILES string of the molecule is CCC(C#N)S(=O)(=O)N(CC(=O)OC)C(C)C. The number of esters is 1. The van der Waals surface area contributed by atoms with Crippen molar-refractivity contribution in [2.75, 3.05) is 13.7 Å². The number of sulfonamides is 1. The quantitative estimate of drug-likeness (QED) is 0.650. The van der Waals surface area contributed by atoms with Crippen molar-refractivity contribution in [3.8, 4) is 6.07 Å². The summed E-state index contributed by atoms with van der Waals surface area (Å²) in [4.78, 5) is 11.2. The van der Waals surface area contributed by atoms with Crippen molar-refractivity contribution in [1.29, 1.82) is 5.26 Å². The van der Waals surface area contributed by atoms with Crippen LogP contribution >= 0.6 is 0 Å². The molecule has 6 nitrogen and oxygen atoms in total. The first kappa shape index (κ1) is 15.9. The molecule has 1 atom stereocenters. The molecule has 0 aromatic heterocycles. The van der Waals surface area contributed by atoms with E-state index in [4.69, 9.17) is 5.26 Å². The van der Waals surface area contributed by atoms with Gasteiger partial charge in [0.05, 0.1) is 13.2 Å². The molecule has 0 N–H and O–H groups in total. The number of methoxy groups -OCH3 is 1. The normalized spacial score (nSPS) is 13.5. The lowest BCUT2D eigenvalue weighted by atomic mass is 10.4. The molecule has 0 saturated heterocycles. The zero-order valence-corrected chi connectivity index (χ0v) is 11.3. The number of nitrogens with zero attached hydrogens (tertiary/aromatic N) is 2. The van der Waals surface area contributed by atoms with Gasteiger partial charge in [-0.3, -0.25) is 4.79 Å². The molecule has 0 bridgehead atoms. The molecule has 17 heavy (non-hydrogen) atoms. The molecule has 0 aromatic rings. The standard InChI is InChI=1S/C10H18N2O4S/c1-5-9(6-11)17(14,15)12(8(2)3)7-10(13)16-4/h8-9H,5,7H2,1-4H3. The molecule has 7 heteroatoms. The van der Waals surface area contributed by atoms with Crippen molar-refractivity contribution < 1.29 is 17.9 Å². The zero-order chi connectivity index (χ0) is 13.6. The molecule has 0 rings (SSSR count). The minimum Gasteiger partial charge on any atom is -0.468 e. The fraction of sp³-hybridized carbons (Fsp3) is 0.800. The Balaban J connectivity index is 5.20. The third kappa shape index (κ3) is 3.98. The molecule has 0 spiro atoms. The molecule has 0 amide bonds. The molecule has 0 aliphatic heterocycles. The first-order valence-electron chi connectivity index (χ1n) is 5.28. The average molecular weight is 262 g/mol. The summed E-state index contributed by atoms with van der Waals surface area (Å²) in [5.74, 6) is -0.643. The number of nitriles is 1. The van der Waals surface area contributed by atoms with E-state index in [9.17, 15) is 13.2 Å². The Bertz CT molecular complexity index is 397. The van der Waals surface area contributed by atoms with Crippen molar-refractivity contribution in [3.63, 3.8) is 0 Å². The topological polar surface area (TPSA) is 87.5 Å². The fourth-order valence-corrected chi connectivity index (χ4v) is 3.04. The van der Waals surface area contributed by atoms with Crippen LogP contribution in [0.3, 0.4) is 0 Å². The van der Waals surface area contributed by atoms with Crippen molar-refractivity contribution in [3.05, 3.63) is 0 Å². The Morgan fingerprint density at radius 3 is 2.29 bits per heavy atom. The van der Waals surface area contributed by atoms with Gasteiger partial charge < -0.3 is 4.74 Å². The van der Waals surface area contributed by atoms with Gasteiger partial charge in [0.2, 0.25) is 10.0 Å². The monoisotopic (exact) mass is 262 g/mol. The number of carbonyl (C=O) groups is 1. The zero-order valence-electron chi connectivity index (χ0n) is 10.5. The van der Waals surface area contributed by atoms with Crippen molar-refractivity contribution in [1.82, 2.24) is 4.31 Å². The van der Waals surface area contributed by atoms with Crippen LogP contribution in [-0.2, 0) is 19.6 Å². The Morgan fingerprint density at radius 2 is 2.00 bits per heavy atom. The Hall–Kier alpha value is -1.13. The van der Waals surface area contributed by atoms with Gasteiger partial charge in [-0.2, -0.15) is 9.57 Å². The van der Waals surface area contributed by atoms with Gasteiger partial charge in [0.1, 0.15) is 6.54 Å². The van der Waals surface area contributed by atoms with E-state index in [-0.39, 0.29) is 13.0 Å². The molecule has 98 valence electrons. The number of rotatable bonds is 6. The van der Waals surface area contributed by atoms with Gasteiger partial charge in [0.25, 0.3) is 0 Å². The average Bonchev–Trinajstić information content (AvgIpc) is 2.25. The summed E-state index contributed by atoms with van der Waals surface area (Å²) in [7, 11) is -2.61. The summed E-state index contributed by atoms with van der Waals surface area (Å²) >= 11 is 0. The van der Waals surface area contributed by atoms with Gasteiger partial charge in [-0.15, -0.1) is 0 Å². The van der Waals surface area contributed by atoms with Crippen LogP contribution in [0.4, 0.5) is 0 Å². The van der Waals surface area contributed by atoms with Crippen LogP contribution in [0.15, 0.2) is 0 Å². The summed E-state index contributed by atoms with van der Waals surface area (Å²) in [5.41, 5.74) is 0.